The lowest BCUT2D eigenvalue weighted by Crippen LogP contribution is -2.46. The van der Waals surface area contributed by atoms with Crippen LogP contribution in [0.2, 0.25) is 0 Å². The predicted octanol–water partition coefficient (Wildman–Crippen LogP) is 3.06. The van der Waals surface area contributed by atoms with E-state index in [1.54, 1.807) is 11.8 Å². The van der Waals surface area contributed by atoms with Crippen LogP contribution in [-0.4, -0.2) is 29.0 Å². The lowest BCUT2D eigenvalue weighted by atomic mass is 9.88. The van der Waals surface area contributed by atoms with Crippen molar-refractivity contribution in [3.63, 3.8) is 0 Å². The average molecular weight is 302 g/mol. The zero-order valence-corrected chi connectivity index (χ0v) is 13.1. The fourth-order valence-electron chi connectivity index (χ4n) is 2.42. The molecule has 112 valence electrons. The molecule has 0 aliphatic rings. The minimum atomic E-state index is -0.377. The molecule has 2 rings (SSSR count). The summed E-state index contributed by atoms with van der Waals surface area (Å²) in [6.45, 7) is 2.98. The lowest BCUT2D eigenvalue weighted by Gasteiger charge is -2.33. The van der Waals surface area contributed by atoms with E-state index in [1.165, 1.54) is 0 Å². The van der Waals surface area contributed by atoms with Crippen molar-refractivity contribution in [2.45, 2.75) is 23.9 Å². The predicted molar refractivity (Wildman–Crippen MR) is 88.5 cm³/mol. The van der Waals surface area contributed by atoms with Crippen LogP contribution in [0.25, 0.3) is 0 Å². The third kappa shape index (κ3) is 4.30. The molecular formula is C17H22N2OS. The van der Waals surface area contributed by atoms with Crippen LogP contribution in [0.3, 0.4) is 0 Å². The summed E-state index contributed by atoms with van der Waals surface area (Å²) in [6, 6.07) is 16.1. The molecule has 0 saturated carbocycles. The van der Waals surface area contributed by atoms with E-state index in [-0.39, 0.29) is 12.1 Å². The van der Waals surface area contributed by atoms with Gasteiger partial charge in [0.2, 0.25) is 0 Å². The van der Waals surface area contributed by atoms with E-state index in [2.05, 4.69) is 29.4 Å². The highest BCUT2D eigenvalue weighted by molar-refractivity contribution is 7.99. The Balaban J connectivity index is 2.06. The number of likely N-dealkylation sites (N-methyl/N-ethyl adjacent to an activating group) is 1. The third-order valence-corrected chi connectivity index (χ3v) is 4.47. The van der Waals surface area contributed by atoms with Gasteiger partial charge in [0.05, 0.1) is 17.2 Å². The Morgan fingerprint density at radius 1 is 1.14 bits per heavy atom. The standard InChI is InChI=1S/C17H22N2OS/c1-2-19-17(14-20,15-8-4-3-5-9-15)11-13-21-16-10-6-7-12-18-16/h3-10,12,19-20H,2,11,13-14H2,1H3. The van der Waals surface area contributed by atoms with Crippen molar-refractivity contribution in [3.05, 3.63) is 60.3 Å². The SMILES string of the molecule is CCNC(CO)(CCSc1ccccn1)c1ccccc1. The van der Waals surface area contributed by atoms with Gasteiger partial charge >= 0.3 is 0 Å². The molecule has 0 bridgehead atoms. The number of nitrogens with zero attached hydrogens (tertiary/aromatic N) is 1. The zero-order chi connectivity index (χ0) is 15.0. The van der Waals surface area contributed by atoms with Crippen molar-refractivity contribution in [2.24, 2.45) is 0 Å². The molecule has 0 spiro atoms. The van der Waals surface area contributed by atoms with Crippen molar-refractivity contribution in [2.75, 3.05) is 18.9 Å². The van der Waals surface area contributed by atoms with Crippen LogP contribution in [0, 0.1) is 0 Å². The number of pyridine rings is 1. The first-order chi connectivity index (χ1) is 10.3. The molecule has 1 heterocycles. The molecule has 0 saturated heterocycles. The van der Waals surface area contributed by atoms with Gasteiger partial charge in [0.1, 0.15) is 0 Å². The summed E-state index contributed by atoms with van der Waals surface area (Å²) >= 11 is 1.72. The number of nitrogens with one attached hydrogen (secondary N) is 1. The second-order valence-corrected chi connectivity index (χ2v) is 6.02. The van der Waals surface area contributed by atoms with Gasteiger partial charge in [-0.3, -0.25) is 0 Å². The van der Waals surface area contributed by atoms with Gasteiger partial charge < -0.3 is 10.4 Å². The van der Waals surface area contributed by atoms with E-state index in [1.807, 2.05) is 42.6 Å². The third-order valence-electron chi connectivity index (χ3n) is 3.53. The topological polar surface area (TPSA) is 45.1 Å². The Kier molecular flexibility index (Phi) is 6.23. The van der Waals surface area contributed by atoms with E-state index < -0.39 is 0 Å². The van der Waals surface area contributed by atoms with E-state index in [0.717, 1.165) is 29.3 Å². The first-order valence-corrected chi connectivity index (χ1v) is 8.24. The Bertz CT molecular complexity index is 521. The molecule has 1 unspecified atom stereocenters. The van der Waals surface area contributed by atoms with Crippen molar-refractivity contribution in [1.29, 1.82) is 0 Å². The molecule has 0 amide bonds. The van der Waals surface area contributed by atoms with Gasteiger partial charge in [-0.15, -0.1) is 11.8 Å². The van der Waals surface area contributed by atoms with Gasteiger partial charge in [-0.05, 0) is 30.7 Å². The summed E-state index contributed by atoms with van der Waals surface area (Å²) in [4.78, 5) is 4.32. The normalized spacial score (nSPS) is 13.8. The molecular weight excluding hydrogens is 280 g/mol. The molecule has 1 aromatic heterocycles. The highest BCUT2D eigenvalue weighted by Gasteiger charge is 2.29. The summed E-state index contributed by atoms with van der Waals surface area (Å²) in [5.41, 5.74) is 0.758. The van der Waals surface area contributed by atoms with Crippen molar-refractivity contribution in [3.8, 4) is 0 Å². The first-order valence-electron chi connectivity index (χ1n) is 7.26. The van der Waals surface area contributed by atoms with Gasteiger partial charge in [-0.1, -0.05) is 43.3 Å². The van der Waals surface area contributed by atoms with Crippen LogP contribution in [0.4, 0.5) is 0 Å². The number of aliphatic hydroxyl groups is 1. The highest BCUT2D eigenvalue weighted by atomic mass is 32.2. The molecule has 0 aliphatic carbocycles. The fraction of sp³-hybridized carbons (Fsp3) is 0.353. The van der Waals surface area contributed by atoms with E-state index in [4.69, 9.17) is 0 Å². The summed E-state index contributed by atoms with van der Waals surface area (Å²) < 4.78 is 0. The van der Waals surface area contributed by atoms with Crippen LogP contribution in [-0.2, 0) is 5.54 Å². The second kappa shape index (κ2) is 8.17. The fourth-order valence-corrected chi connectivity index (χ4v) is 3.39. The van der Waals surface area contributed by atoms with Crippen molar-refractivity contribution < 1.29 is 5.11 Å². The minimum Gasteiger partial charge on any atom is -0.394 e. The molecule has 2 aromatic rings. The molecule has 0 fully saturated rings. The van der Waals surface area contributed by atoms with Crippen LogP contribution < -0.4 is 5.32 Å². The van der Waals surface area contributed by atoms with E-state index in [0.29, 0.717) is 0 Å². The summed E-state index contributed by atoms with van der Waals surface area (Å²) in [6.07, 6.45) is 2.66. The number of benzene rings is 1. The maximum Gasteiger partial charge on any atom is 0.0959 e. The maximum absolute atomic E-state index is 9.97. The van der Waals surface area contributed by atoms with Gasteiger partial charge in [0, 0.05) is 11.9 Å². The quantitative estimate of drug-likeness (QED) is 0.736. The van der Waals surface area contributed by atoms with Gasteiger partial charge in [0.15, 0.2) is 0 Å². The van der Waals surface area contributed by atoms with Crippen LogP contribution in [0.1, 0.15) is 18.9 Å². The second-order valence-electron chi connectivity index (χ2n) is 4.90. The first kappa shape index (κ1) is 16.0. The molecule has 3 nitrogen and oxygen atoms in total. The van der Waals surface area contributed by atoms with Crippen molar-refractivity contribution in [1.82, 2.24) is 10.3 Å². The molecule has 1 aromatic carbocycles. The number of rotatable bonds is 8. The molecule has 4 heteroatoms. The minimum absolute atomic E-state index is 0.0909. The average Bonchev–Trinajstić information content (AvgIpc) is 2.56. The Hall–Kier alpha value is -1.36. The Morgan fingerprint density at radius 2 is 1.90 bits per heavy atom. The van der Waals surface area contributed by atoms with Crippen LogP contribution >= 0.6 is 11.8 Å². The van der Waals surface area contributed by atoms with E-state index >= 15 is 0 Å². The Labute approximate surface area is 130 Å². The van der Waals surface area contributed by atoms with Crippen molar-refractivity contribution >= 4 is 11.8 Å². The molecule has 0 radical (unpaired) electrons. The summed E-state index contributed by atoms with van der Waals surface area (Å²) in [7, 11) is 0. The number of hydrogen-bond acceptors (Lipinski definition) is 4. The molecule has 1 atom stereocenters. The Morgan fingerprint density at radius 3 is 2.52 bits per heavy atom. The number of thioether (sulfide) groups is 1. The molecule has 0 aliphatic heterocycles. The summed E-state index contributed by atoms with van der Waals surface area (Å²) in [5, 5.41) is 14.5. The van der Waals surface area contributed by atoms with E-state index in [9.17, 15) is 5.11 Å². The largest absolute Gasteiger partial charge is 0.394 e. The van der Waals surface area contributed by atoms with Gasteiger partial charge in [-0.25, -0.2) is 4.98 Å². The highest BCUT2D eigenvalue weighted by Crippen LogP contribution is 2.28. The number of hydrogen-bond donors (Lipinski definition) is 2. The lowest BCUT2D eigenvalue weighted by molar-refractivity contribution is 0.158. The summed E-state index contributed by atoms with van der Waals surface area (Å²) in [5.74, 6) is 0.902. The number of aliphatic hydroxyl groups excluding tert-OH is 1. The smallest absolute Gasteiger partial charge is 0.0959 e. The molecule has 2 N–H and O–H groups in total. The monoisotopic (exact) mass is 302 g/mol. The van der Waals surface area contributed by atoms with Gasteiger partial charge in [-0.2, -0.15) is 0 Å². The zero-order valence-electron chi connectivity index (χ0n) is 12.3. The van der Waals surface area contributed by atoms with Crippen LogP contribution in [0.5, 0.6) is 0 Å². The maximum atomic E-state index is 9.97. The van der Waals surface area contributed by atoms with Gasteiger partial charge in [0.25, 0.3) is 0 Å². The molecule has 21 heavy (non-hydrogen) atoms. The van der Waals surface area contributed by atoms with Crippen LogP contribution in [0.15, 0.2) is 59.8 Å². The number of aromatic nitrogens is 1.